The molecule has 1 aromatic heterocycles. The normalized spacial score (nSPS) is 25.4. The minimum Gasteiger partial charge on any atom is -0.339 e. The number of nitrogens with zero attached hydrogens (tertiary/aromatic N) is 2. The number of hydrogen-bond donors (Lipinski definition) is 2. The van der Waals surface area contributed by atoms with Crippen molar-refractivity contribution in [1.82, 2.24) is 15.3 Å². The van der Waals surface area contributed by atoms with Gasteiger partial charge >= 0.3 is 0 Å². The summed E-state index contributed by atoms with van der Waals surface area (Å²) in [5, 5.41) is 3.53. The minimum absolute atomic E-state index is 0.506. The zero-order valence-corrected chi connectivity index (χ0v) is 10.3. The summed E-state index contributed by atoms with van der Waals surface area (Å²) in [5.74, 6) is 0.992. The van der Waals surface area contributed by atoms with Gasteiger partial charge in [0.05, 0.1) is 11.0 Å². The van der Waals surface area contributed by atoms with E-state index < -0.39 is 0 Å². The fraction of sp³-hybridized carbons (Fsp3) is 0.462. The SMILES string of the molecule is CC1CN(c2nc3ccccc3[nH]2)CC(C)N1. The molecule has 4 heteroatoms. The second-order valence-electron chi connectivity index (χ2n) is 4.95. The number of imidazole rings is 1. The molecule has 2 N–H and O–H groups in total. The van der Waals surface area contributed by atoms with Gasteiger partial charge in [-0.2, -0.15) is 0 Å². The highest BCUT2D eigenvalue weighted by Crippen LogP contribution is 2.18. The first-order valence-electron chi connectivity index (χ1n) is 6.18. The second-order valence-corrected chi connectivity index (χ2v) is 4.95. The van der Waals surface area contributed by atoms with E-state index in [-0.39, 0.29) is 0 Å². The van der Waals surface area contributed by atoms with Crippen molar-refractivity contribution in [2.75, 3.05) is 18.0 Å². The number of hydrogen-bond acceptors (Lipinski definition) is 3. The highest BCUT2D eigenvalue weighted by Gasteiger charge is 2.22. The predicted molar refractivity (Wildman–Crippen MR) is 70.4 cm³/mol. The molecule has 0 aliphatic carbocycles. The summed E-state index contributed by atoms with van der Waals surface area (Å²) in [4.78, 5) is 10.4. The summed E-state index contributed by atoms with van der Waals surface area (Å²) in [6.07, 6.45) is 0. The third-order valence-corrected chi connectivity index (χ3v) is 3.23. The maximum atomic E-state index is 4.65. The smallest absolute Gasteiger partial charge is 0.203 e. The number of fused-ring (bicyclic) bond motifs is 1. The van der Waals surface area contributed by atoms with Crippen molar-refractivity contribution in [2.45, 2.75) is 25.9 Å². The Labute approximate surface area is 101 Å². The molecule has 0 spiro atoms. The van der Waals surface area contributed by atoms with Gasteiger partial charge in [-0.25, -0.2) is 4.98 Å². The first-order valence-corrected chi connectivity index (χ1v) is 6.18. The van der Waals surface area contributed by atoms with E-state index in [1.807, 2.05) is 18.2 Å². The van der Waals surface area contributed by atoms with Crippen LogP contribution >= 0.6 is 0 Å². The standard InChI is InChI=1S/C13H18N4/c1-9-7-17(8-10(2)14-9)13-15-11-5-3-4-6-12(11)16-13/h3-6,9-10,14H,7-8H2,1-2H3,(H,15,16). The molecule has 2 atom stereocenters. The molecule has 1 aromatic carbocycles. The number of benzene rings is 1. The van der Waals surface area contributed by atoms with Crippen LogP contribution in [0.3, 0.4) is 0 Å². The van der Waals surface area contributed by atoms with Crippen LogP contribution in [0.1, 0.15) is 13.8 Å². The monoisotopic (exact) mass is 230 g/mol. The molecule has 0 radical (unpaired) electrons. The molecule has 90 valence electrons. The summed E-state index contributed by atoms with van der Waals surface area (Å²) in [6.45, 7) is 6.44. The van der Waals surface area contributed by atoms with Crippen molar-refractivity contribution in [2.24, 2.45) is 0 Å². The van der Waals surface area contributed by atoms with E-state index in [0.717, 1.165) is 30.1 Å². The molecule has 0 bridgehead atoms. The molecule has 0 saturated carbocycles. The van der Waals surface area contributed by atoms with E-state index in [1.165, 1.54) is 0 Å². The molecule has 0 amide bonds. The number of H-pyrrole nitrogens is 1. The van der Waals surface area contributed by atoms with E-state index in [1.54, 1.807) is 0 Å². The minimum atomic E-state index is 0.506. The number of aromatic nitrogens is 2. The molecule has 17 heavy (non-hydrogen) atoms. The average Bonchev–Trinajstić information content (AvgIpc) is 2.71. The third-order valence-electron chi connectivity index (χ3n) is 3.23. The van der Waals surface area contributed by atoms with E-state index in [0.29, 0.717) is 12.1 Å². The number of anilines is 1. The lowest BCUT2D eigenvalue weighted by Gasteiger charge is -2.35. The van der Waals surface area contributed by atoms with E-state index in [9.17, 15) is 0 Å². The van der Waals surface area contributed by atoms with Crippen molar-refractivity contribution in [3.8, 4) is 0 Å². The van der Waals surface area contributed by atoms with Crippen LogP contribution in [-0.4, -0.2) is 35.1 Å². The van der Waals surface area contributed by atoms with Gasteiger partial charge in [-0.15, -0.1) is 0 Å². The van der Waals surface area contributed by atoms with Crippen LogP contribution in [0.2, 0.25) is 0 Å². The van der Waals surface area contributed by atoms with Gasteiger partial charge in [0, 0.05) is 25.2 Å². The molecule has 1 aliphatic heterocycles. The van der Waals surface area contributed by atoms with Crippen LogP contribution in [0.25, 0.3) is 11.0 Å². The van der Waals surface area contributed by atoms with Crippen molar-refractivity contribution in [3.05, 3.63) is 24.3 Å². The van der Waals surface area contributed by atoms with E-state index in [4.69, 9.17) is 0 Å². The molecule has 1 saturated heterocycles. The highest BCUT2D eigenvalue weighted by atomic mass is 15.3. The molecule has 2 heterocycles. The van der Waals surface area contributed by atoms with Gasteiger partial charge < -0.3 is 15.2 Å². The van der Waals surface area contributed by atoms with Crippen LogP contribution in [-0.2, 0) is 0 Å². The van der Waals surface area contributed by atoms with Gasteiger partial charge in [0.2, 0.25) is 5.95 Å². The second kappa shape index (κ2) is 4.04. The largest absolute Gasteiger partial charge is 0.339 e. The van der Waals surface area contributed by atoms with Crippen LogP contribution in [0.15, 0.2) is 24.3 Å². The Morgan fingerprint density at radius 1 is 1.18 bits per heavy atom. The summed E-state index contributed by atoms with van der Waals surface area (Å²) >= 11 is 0. The summed E-state index contributed by atoms with van der Waals surface area (Å²) < 4.78 is 0. The molecule has 1 fully saturated rings. The highest BCUT2D eigenvalue weighted by molar-refractivity contribution is 5.77. The lowest BCUT2D eigenvalue weighted by molar-refractivity contribution is 0.404. The third kappa shape index (κ3) is 2.00. The Kier molecular flexibility index (Phi) is 2.52. The van der Waals surface area contributed by atoms with Crippen LogP contribution < -0.4 is 10.2 Å². The van der Waals surface area contributed by atoms with E-state index in [2.05, 4.69) is 40.1 Å². The topological polar surface area (TPSA) is 44.0 Å². The zero-order valence-electron chi connectivity index (χ0n) is 10.3. The van der Waals surface area contributed by atoms with Crippen molar-refractivity contribution in [1.29, 1.82) is 0 Å². The Hall–Kier alpha value is -1.55. The molecule has 2 aromatic rings. The Balaban J connectivity index is 1.92. The fourth-order valence-electron chi connectivity index (χ4n) is 2.59. The van der Waals surface area contributed by atoms with Crippen LogP contribution in [0, 0.1) is 0 Å². The molecular weight excluding hydrogens is 212 g/mol. The fourth-order valence-corrected chi connectivity index (χ4v) is 2.59. The van der Waals surface area contributed by atoms with Crippen molar-refractivity contribution in [3.63, 3.8) is 0 Å². The number of rotatable bonds is 1. The molecule has 3 rings (SSSR count). The first kappa shape index (κ1) is 10.6. The van der Waals surface area contributed by atoms with Gasteiger partial charge in [0.15, 0.2) is 0 Å². The number of aromatic amines is 1. The predicted octanol–water partition coefficient (Wildman–Crippen LogP) is 1.75. The van der Waals surface area contributed by atoms with Gasteiger partial charge in [0.25, 0.3) is 0 Å². The maximum absolute atomic E-state index is 4.65. The van der Waals surface area contributed by atoms with Crippen LogP contribution in [0.5, 0.6) is 0 Å². The molecule has 1 aliphatic rings. The lowest BCUT2D eigenvalue weighted by Crippen LogP contribution is -2.54. The lowest BCUT2D eigenvalue weighted by atomic mass is 10.1. The summed E-state index contributed by atoms with van der Waals surface area (Å²) in [6, 6.07) is 9.19. The van der Waals surface area contributed by atoms with Crippen molar-refractivity contribution >= 4 is 17.0 Å². The Bertz CT molecular complexity index is 476. The van der Waals surface area contributed by atoms with Gasteiger partial charge in [-0.05, 0) is 26.0 Å². The quantitative estimate of drug-likeness (QED) is 0.784. The van der Waals surface area contributed by atoms with Gasteiger partial charge in [-0.1, -0.05) is 12.1 Å². The summed E-state index contributed by atoms with van der Waals surface area (Å²) in [7, 11) is 0. The maximum Gasteiger partial charge on any atom is 0.203 e. The zero-order chi connectivity index (χ0) is 11.8. The van der Waals surface area contributed by atoms with Crippen LogP contribution in [0.4, 0.5) is 5.95 Å². The number of piperazine rings is 1. The summed E-state index contributed by atoms with van der Waals surface area (Å²) in [5.41, 5.74) is 2.16. The molecule has 2 unspecified atom stereocenters. The molecule has 4 nitrogen and oxygen atoms in total. The Morgan fingerprint density at radius 2 is 1.88 bits per heavy atom. The number of para-hydroxylation sites is 2. The van der Waals surface area contributed by atoms with Gasteiger partial charge in [-0.3, -0.25) is 0 Å². The average molecular weight is 230 g/mol. The van der Waals surface area contributed by atoms with Gasteiger partial charge in [0.1, 0.15) is 0 Å². The number of nitrogens with one attached hydrogen (secondary N) is 2. The van der Waals surface area contributed by atoms with E-state index >= 15 is 0 Å². The van der Waals surface area contributed by atoms with Crippen molar-refractivity contribution < 1.29 is 0 Å². The molecular formula is C13H18N4. The Morgan fingerprint density at radius 3 is 2.59 bits per heavy atom. The first-order chi connectivity index (χ1) is 8.22.